The summed E-state index contributed by atoms with van der Waals surface area (Å²) < 4.78 is 23.2. The number of benzene rings is 5. The van der Waals surface area contributed by atoms with Gasteiger partial charge in [-0.25, -0.2) is 6.29 Å². The zero-order chi connectivity index (χ0) is 67.1. The number of nitrogens with one attached hydrogen (secondary N) is 4. The normalized spacial score (nSPS) is 21.8. The molecule has 24 nitrogen and oxygen atoms in total. The number of ketones is 2. The quantitative estimate of drug-likeness (QED) is 0.00804. The SMILES string of the molecule is CC(=O)N[C@H]1[C@H]([C@H](O)[C@H](O)CNC(=O)c2ccc(-c3ccccc3)cc2)O[C@]([C-]=O)(OCCCSCCC(=O)Cc2ccc(C(=O)CCCSCCCO[C@]3(C(=O)[O-])C[C@H](O)[C@@H](NC(C)=O)[C@H]([C@H](O)[C@H](O)CNC(=O)c4ccc(-c5ccccc5)cc4)O3)cc2)C[C@@H]1O.[Na+].[Na+].[OH-]. The second-order valence-corrected chi connectivity index (χ2v) is 25.2. The zero-order valence-electron chi connectivity index (χ0n) is 54.0. The van der Waals surface area contributed by atoms with Crippen LogP contribution in [0.4, 0.5) is 0 Å². The van der Waals surface area contributed by atoms with Crippen LogP contribution in [-0.2, 0) is 49.3 Å². The van der Waals surface area contributed by atoms with Crippen molar-refractivity contribution in [1.82, 2.24) is 21.3 Å². The second kappa shape index (κ2) is 41.3. The molecule has 2 aliphatic heterocycles. The summed E-state index contributed by atoms with van der Waals surface area (Å²) in [5.74, 6) is -6.98. The molecule has 12 atom stereocenters. The largest absolute Gasteiger partial charge is 1.00 e. The number of carbonyl (C=O) groups excluding carboxylic acids is 8. The van der Waals surface area contributed by atoms with Crippen molar-refractivity contribution in [2.24, 2.45) is 0 Å². The molecule has 11 N–H and O–H groups in total. The van der Waals surface area contributed by atoms with Gasteiger partial charge in [-0.3, -0.25) is 28.8 Å². The van der Waals surface area contributed by atoms with Crippen LogP contribution in [-0.4, -0.2) is 205 Å². The van der Waals surface area contributed by atoms with Crippen molar-refractivity contribution in [3.05, 3.63) is 156 Å². The number of aliphatic hydroxyl groups excluding tert-OH is 6. The first kappa shape index (κ1) is 83.1. The second-order valence-electron chi connectivity index (χ2n) is 22.8. The smallest absolute Gasteiger partial charge is 0.870 e. The van der Waals surface area contributed by atoms with Gasteiger partial charge in [0, 0.05) is 88.1 Å². The summed E-state index contributed by atoms with van der Waals surface area (Å²) in [5.41, 5.74) is 5.45. The fourth-order valence-corrected chi connectivity index (χ4v) is 12.5. The van der Waals surface area contributed by atoms with Gasteiger partial charge in [0.15, 0.2) is 5.78 Å². The maximum Gasteiger partial charge on any atom is 1.00 e. The Morgan fingerprint density at radius 3 is 1.47 bits per heavy atom. The number of rotatable bonds is 36. The Kier molecular flexibility index (Phi) is 35.8. The van der Waals surface area contributed by atoms with Gasteiger partial charge in [0.2, 0.25) is 17.6 Å². The summed E-state index contributed by atoms with van der Waals surface area (Å²) in [6, 6.07) is 36.7. The molecule has 0 spiro atoms. The van der Waals surface area contributed by atoms with E-state index >= 15 is 0 Å². The molecule has 7 rings (SSSR count). The van der Waals surface area contributed by atoms with E-state index in [0.717, 1.165) is 34.7 Å². The van der Waals surface area contributed by atoms with E-state index in [1.54, 1.807) is 79.1 Å². The molecule has 4 amide bonds. The van der Waals surface area contributed by atoms with Crippen LogP contribution in [0, 0.1) is 0 Å². The molecule has 5 aromatic carbocycles. The minimum absolute atomic E-state index is 0. The number of hydrogen-bond acceptors (Lipinski definition) is 22. The molecule has 0 aliphatic carbocycles. The minimum Gasteiger partial charge on any atom is -0.870 e. The van der Waals surface area contributed by atoms with Crippen molar-refractivity contribution >= 4 is 71.0 Å². The summed E-state index contributed by atoms with van der Waals surface area (Å²) in [6.07, 6.45) is -11.2. The number of hydrogen-bond donors (Lipinski definition) is 10. The van der Waals surface area contributed by atoms with Crippen LogP contribution in [0.15, 0.2) is 133 Å². The number of carbonyl (C=O) groups is 7. The zero-order valence-corrected chi connectivity index (χ0v) is 59.7. The third-order valence-corrected chi connectivity index (χ3v) is 17.9. The first-order chi connectivity index (χ1) is 44.6. The molecule has 2 saturated heterocycles. The number of amides is 4. The van der Waals surface area contributed by atoms with E-state index in [4.69, 9.17) is 18.9 Å². The number of thioether (sulfide) groups is 2. The van der Waals surface area contributed by atoms with Crippen LogP contribution in [0.1, 0.15) is 95.4 Å². The molecular weight excluding hydrogens is 1300 g/mol. The average Bonchev–Trinajstić information content (AvgIpc) is 0.782. The molecule has 2 fully saturated rings. The average molecular weight is 1380 g/mol. The molecule has 0 bridgehead atoms. The van der Waals surface area contributed by atoms with Gasteiger partial charge >= 0.3 is 59.1 Å². The number of carboxylic acids is 1. The third-order valence-electron chi connectivity index (χ3n) is 15.7. The molecule has 508 valence electrons. The van der Waals surface area contributed by atoms with Crippen LogP contribution in [0.2, 0.25) is 0 Å². The van der Waals surface area contributed by atoms with E-state index < -0.39 is 128 Å². The summed E-state index contributed by atoms with van der Waals surface area (Å²) in [5, 5.41) is 89.5. The summed E-state index contributed by atoms with van der Waals surface area (Å²) >= 11 is 2.96. The number of carboxylic acid groups (broad SMARTS) is 1. The van der Waals surface area contributed by atoms with Crippen molar-refractivity contribution in [1.29, 1.82) is 0 Å². The minimum atomic E-state index is -2.58. The fourth-order valence-electron chi connectivity index (χ4n) is 10.7. The Morgan fingerprint density at radius 2 is 1.00 bits per heavy atom. The maximum absolute atomic E-state index is 13.0. The molecule has 96 heavy (non-hydrogen) atoms. The molecule has 2 heterocycles. The van der Waals surface area contributed by atoms with Crippen LogP contribution < -0.4 is 85.5 Å². The van der Waals surface area contributed by atoms with Gasteiger partial charge in [0.05, 0.1) is 48.9 Å². The van der Waals surface area contributed by atoms with E-state index in [0.29, 0.717) is 53.4 Å². The molecule has 0 unspecified atom stereocenters. The van der Waals surface area contributed by atoms with Gasteiger partial charge in [-0.05, 0) is 88.6 Å². The van der Waals surface area contributed by atoms with Crippen LogP contribution >= 0.6 is 23.5 Å². The Morgan fingerprint density at radius 1 is 0.573 bits per heavy atom. The Hall–Kier alpha value is -5.28. The van der Waals surface area contributed by atoms with Crippen molar-refractivity contribution in [3.8, 4) is 22.3 Å². The van der Waals surface area contributed by atoms with Gasteiger partial charge in [-0.15, -0.1) is 0 Å². The van der Waals surface area contributed by atoms with Gasteiger partial charge < -0.3 is 91.0 Å². The number of aliphatic hydroxyl groups is 6. The van der Waals surface area contributed by atoms with Gasteiger partial charge in [-0.2, -0.15) is 23.5 Å². The molecule has 2 aliphatic rings. The van der Waals surface area contributed by atoms with Gasteiger partial charge in [-0.1, -0.05) is 109 Å². The summed E-state index contributed by atoms with van der Waals surface area (Å²) in [4.78, 5) is 101. The van der Waals surface area contributed by atoms with Gasteiger partial charge in [0.25, 0.3) is 11.8 Å². The Bertz CT molecular complexity index is 3280. The monoisotopic (exact) mass is 1380 g/mol. The molecule has 0 radical (unpaired) electrons. The van der Waals surface area contributed by atoms with Crippen molar-refractivity contribution < 1.29 is 158 Å². The number of Topliss-reactive ketones (excluding diaryl/α,β-unsaturated/α-hetero) is 2. The van der Waals surface area contributed by atoms with E-state index in [2.05, 4.69) is 21.3 Å². The topological polar surface area (TPSA) is 396 Å². The van der Waals surface area contributed by atoms with E-state index in [1.165, 1.54) is 30.4 Å². The number of aliphatic carboxylic acids is 1. The fraction of sp³-hybridized carbons (Fsp3) is 0.441. The Balaban J connectivity index is 0.00000653. The van der Waals surface area contributed by atoms with Crippen molar-refractivity contribution in [2.75, 3.05) is 49.3 Å². The summed E-state index contributed by atoms with van der Waals surface area (Å²) in [6.45, 7) is 1.13. The first-order valence-electron chi connectivity index (χ1n) is 30.6. The number of ether oxygens (including phenoxy) is 4. The van der Waals surface area contributed by atoms with Crippen LogP contribution in [0.5, 0.6) is 0 Å². The molecule has 0 aromatic heterocycles. The predicted molar refractivity (Wildman–Crippen MR) is 346 cm³/mol. The van der Waals surface area contributed by atoms with Crippen LogP contribution in [0.25, 0.3) is 22.3 Å². The summed E-state index contributed by atoms with van der Waals surface area (Å²) in [7, 11) is 0. The van der Waals surface area contributed by atoms with Crippen molar-refractivity contribution in [2.45, 2.75) is 138 Å². The van der Waals surface area contributed by atoms with Crippen molar-refractivity contribution in [3.63, 3.8) is 0 Å². The molecule has 28 heteroatoms. The van der Waals surface area contributed by atoms with E-state index in [1.807, 2.05) is 60.7 Å². The maximum atomic E-state index is 13.0. The first-order valence-corrected chi connectivity index (χ1v) is 33.0. The molecular formula is C68H81N4Na2O20S2-. The molecule has 0 saturated carbocycles. The van der Waals surface area contributed by atoms with Gasteiger partial charge in [0.1, 0.15) is 36.2 Å². The predicted octanol–water partition coefficient (Wildman–Crippen LogP) is -3.54. The van der Waals surface area contributed by atoms with Crippen LogP contribution in [0.3, 0.4) is 0 Å². The Labute approximate surface area is 610 Å². The van der Waals surface area contributed by atoms with E-state index in [-0.39, 0.29) is 114 Å². The third kappa shape index (κ3) is 24.6. The standard InChI is InChI=1S/C68H81N4O19S2.2Na.H2O/c1-42(74)71-58-54(78)37-67(41-73,90-62(58)60(82)56(80)39-69-64(84)50-25-21-47(22-26-50)45-12-5-3-6-13-45)88-30-10-34-93-35-29-52(76)36-44-17-19-49(20-18-44)53(77)16-9-32-92-33-11-31-89-68(66(86)87)38-55(79)59(72-43(2)75)63(91-68)61(83)57(81)40-70-65(85)51-27-23-48(24-28-51)46-14-7-4-8-15-46;;;/h3-8,12-15,17-28,54-63,78-83H,9-11,16,29-40H2,1-2H3,(H,69,84)(H,70,85)(H,71,74)(H,72,75)(H,86,87);;;1H2/q-1;2*+1;/p-2/t54-,55-,56+,57+,58+,59+,60+,61+,62+,63+,67+,68+;;;/m0.../s1. The molecule has 5 aromatic rings. The van der Waals surface area contributed by atoms with E-state index in [9.17, 15) is 74.1 Å².